The van der Waals surface area contributed by atoms with Crippen molar-refractivity contribution in [3.05, 3.63) is 46.4 Å². The van der Waals surface area contributed by atoms with E-state index in [0.29, 0.717) is 12.2 Å². The van der Waals surface area contributed by atoms with Crippen LogP contribution in [0.1, 0.15) is 36.4 Å². The van der Waals surface area contributed by atoms with Crippen LogP contribution in [-0.2, 0) is 0 Å². The zero-order valence-electron chi connectivity index (χ0n) is 12.0. The highest BCUT2D eigenvalue weighted by Crippen LogP contribution is 2.17. The van der Waals surface area contributed by atoms with E-state index in [1.165, 1.54) is 0 Å². The van der Waals surface area contributed by atoms with Crippen molar-refractivity contribution in [2.45, 2.75) is 25.9 Å². The summed E-state index contributed by atoms with van der Waals surface area (Å²) in [5, 5.41) is 17.9. The number of thiazole rings is 1. The van der Waals surface area contributed by atoms with Crippen molar-refractivity contribution in [3.8, 4) is 0 Å². The van der Waals surface area contributed by atoms with Crippen LogP contribution in [0, 0.1) is 0 Å². The second-order valence-corrected chi connectivity index (χ2v) is 5.83. The number of hydrogen-bond donors (Lipinski definition) is 3. The number of aliphatic hydroxyl groups is 1. The quantitative estimate of drug-likeness (QED) is 0.794. The third-order valence-corrected chi connectivity index (χ3v) is 4.10. The molecule has 2 rings (SSSR count). The molecule has 0 aliphatic rings. The second kappa shape index (κ2) is 7.19. The van der Waals surface area contributed by atoms with Crippen molar-refractivity contribution in [1.29, 1.82) is 0 Å². The summed E-state index contributed by atoms with van der Waals surface area (Å²) in [4.78, 5) is 16.0. The number of hydrogen-bond acceptors (Lipinski definition) is 4. The highest BCUT2D eigenvalue weighted by Gasteiger charge is 2.10. The van der Waals surface area contributed by atoms with Gasteiger partial charge in [-0.3, -0.25) is 0 Å². The molecule has 112 valence electrons. The summed E-state index contributed by atoms with van der Waals surface area (Å²) in [6.07, 6.45) is 1.26. The molecule has 0 aliphatic heterocycles. The summed E-state index contributed by atoms with van der Waals surface area (Å²) in [6, 6.07) is 6.87. The van der Waals surface area contributed by atoms with Gasteiger partial charge in [0, 0.05) is 29.7 Å². The monoisotopic (exact) mass is 305 g/mol. The largest absolute Gasteiger partial charge is 0.389 e. The van der Waals surface area contributed by atoms with Gasteiger partial charge in [0.15, 0.2) is 0 Å². The zero-order chi connectivity index (χ0) is 15.2. The van der Waals surface area contributed by atoms with E-state index in [-0.39, 0.29) is 11.9 Å². The first-order valence-corrected chi connectivity index (χ1v) is 7.66. The number of carbonyl (C=O) groups is 1. The lowest BCUT2D eigenvalue weighted by Crippen LogP contribution is -2.31. The van der Waals surface area contributed by atoms with Crippen molar-refractivity contribution in [3.63, 3.8) is 0 Å². The Balaban J connectivity index is 1.81. The number of nitrogens with one attached hydrogen (secondary N) is 2. The lowest BCUT2D eigenvalue weighted by Gasteiger charge is -2.12. The summed E-state index contributed by atoms with van der Waals surface area (Å²) in [5.41, 5.74) is 1.51. The van der Waals surface area contributed by atoms with Gasteiger partial charge in [-0.15, -0.1) is 11.3 Å². The fourth-order valence-electron chi connectivity index (χ4n) is 1.83. The molecule has 3 N–H and O–H groups in total. The molecule has 0 radical (unpaired) electrons. The normalized spacial score (nSPS) is 13.5. The number of rotatable bonds is 5. The van der Waals surface area contributed by atoms with Crippen molar-refractivity contribution >= 4 is 23.1 Å². The molecule has 2 amide bonds. The molecule has 2 atom stereocenters. The molecule has 2 aromatic rings. The topological polar surface area (TPSA) is 74.2 Å². The lowest BCUT2D eigenvalue weighted by molar-refractivity contribution is 0.199. The molecule has 0 aliphatic carbocycles. The van der Waals surface area contributed by atoms with E-state index in [2.05, 4.69) is 15.6 Å². The second-order valence-electron chi connectivity index (χ2n) is 4.90. The van der Waals surface area contributed by atoms with Crippen LogP contribution < -0.4 is 10.6 Å². The summed E-state index contributed by atoms with van der Waals surface area (Å²) < 4.78 is 0. The van der Waals surface area contributed by atoms with Crippen LogP contribution in [0.15, 0.2) is 35.8 Å². The van der Waals surface area contributed by atoms with E-state index < -0.39 is 6.10 Å². The van der Waals surface area contributed by atoms with Gasteiger partial charge in [0.2, 0.25) is 0 Å². The van der Waals surface area contributed by atoms with E-state index in [1.807, 2.05) is 12.3 Å². The molecule has 0 bridgehead atoms. The molecular formula is C15H19N3O2S. The van der Waals surface area contributed by atoms with Gasteiger partial charge in [-0.05, 0) is 24.6 Å². The number of anilines is 1. The van der Waals surface area contributed by atoms with Crippen LogP contribution in [0.2, 0.25) is 0 Å². The molecule has 1 heterocycles. The fraction of sp³-hybridized carbons (Fsp3) is 0.333. The minimum Gasteiger partial charge on any atom is -0.389 e. The van der Waals surface area contributed by atoms with E-state index >= 15 is 0 Å². The SMILES string of the molecule is CC(O)c1ccc(NC(=O)NCC(C)c2nccs2)cc1. The smallest absolute Gasteiger partial charge is 0.319 e. The van der Waals surface area contributed by atoms with Gasteiger partial charge in [0.05, 0.1) is 11.1 Å². The molecule has 1 aromatic heterocycles. The maximum atomic E-state index is 11.8. The van der Waals surface area contributed by atoms with Crippen molar-refractivity contribution < 1.29 is 9.90 Å². The van der Waals surface area contributed by atoms with Crippen LogP contribution >= 0.6 is 11.3 Å². The number of urea groups is 1. The van der Waals surface area contributed by atoms with E-state index in [4.69, 9.17) is 0 Å². The maximum Gasteiger partial charge on any atom is 0.319 e. The third kappa shape index (κ3) is 4.54. The highest BCUT2D eigenvalue weighted by atomic mass is 32.1. The summed E-state index contributed by atoms with van der Waals surface area (Å²) in [6.45, 7) is 4.26. The molecular weight excluding hydrogens is 286 g/mol. The molecule has 1 aromatic carbocycles. The maximum absolute atomic E-state index is 11.8. The Morgan fingerprint density at radius 3 is 2.62 bits per heavy atom. The van der Waals surface area contributed by atoms with Crippen LogP contribution in [0.4, 0.5) is 10.5 Å². The molecule has 0 fully saturated rings. The van der Waals surface area contributed by atoms with E-state index in [0.717, 1.165) is 10.6 Å². The lowest BCUT2D eigenvalue weighted by atomic mass is 10.1. The van der Waals surface area contributed by atoms with Gasteiger partial charge in [-0.2, -0.15) is 0 Å². The van der Waals surface area contributed by atoms with Crippen LogP contribution in [-0.4, -0.2) is 22.7 Å². The molecule has 5 nitrogen and oxygen atoms in total. The number of aliphatic hydroxyl groups excluding tert-OH is 1. The minimum atomic E-state index is -0.507. The average Bonchev–Trinajstić information content (AvgIpc) is 2.99. The standard InChI is InChI=1S/C15H19N3O2S/c1-10(14-16-7-8-21-14)9-17-15(20)18-13-5-3-12(4-6-13)11(2)19/h3-8,10-11,19H,9H2,1-2H3,(H2,17,18,20). The minimum absolute atomic E-state index is 0.188. The third-order valence-electron chi connectivity index (χ3n) is 3.09. The Morgan fingerprint density at radius 1 is 1.33 bits per heavy atom. The first-order chi connectivity index (χ1) is 10.1. The van der Waals surface area contributed by atoms with Gasteiger partial charge >= 0.3 is 6.03 Å². The number of carbonyl (C=O) groups excluding carboxylic acids is 1. The number of aromatic nitrogens is 1. The summed E-state index contributed by atoms with van der Waals surface area (Å²) >= 11 is 1.58. The Labute approximate surface area is 128 Å². The zero-order valence-corrected chi connectivity index (χ0v) is 12.9. The molecule has 0 saturated heterocycles. The Morgan fingerprint density at radius 2 is 2.05 bits per heavy atom. The van der Waals surface area contributed by atoms with E-state index in [9.17, 15) is 9.90 Å². The van der Waals surface area contributed by atoms with Gasteiger partial charge < -0.3 is 15.7 Å². The van der Waals surface area contributed by atoms with Crippen molar-refractivity contribution in [1.82, 2.24) is 10.3 Å². The van der Waals surface area contributed by atoms with Gasteiger partial charge in [0.25, 0.3) is 0 Å². The molecule has 6 heteroatoms. The summed E-state index contributed by atoms with van der Waals surface area (Å²) in [5.74, 6) is 0.188. The van der Waals surface area contributed by atoms with Crippen LogP contribution in [0.5, 0.6) is 0 Å². The van der Waals surface area contributed by atoms with E-state index in [1.54, 1.807) is 48.7 Å². The van der Waals surface area contributed by atoms with Gasteiger partial charge in [-0.25, -0.2) is 9.78 Å². The Hall–Kier alpha value is -1.92. The van der Waals surface area contributed by atoms with Crippen LogP contribution in [0.25, 0.3) is 0 Å². The van der Waals surface area contributed by atoms with Gasteiger partial charge in [0.1, 0.15) is 0 Å². The molecule has 0 saturated carbocycles. The number of amides is 2. The van der Waals surface area contributed by atoms with Crippen molar-refractivity contribution in [2.75, 3.05) is 11.9 Å². The molecule has 0 spiro atoms. The Bertz CT molecular complexity index is 567. The number of nitrogens with zero attached hydrogens (tertiary/aromatic N) is 1. The average molecular weight is 305 g/mol. The first-order valence-electron chi connectivity index (χ1n) is 6.78. The van der Waals surface area contributed by atoms with Crippen LogP contribution in [0.3, 0.4) is 0 Å². The summed E-state index contributed by atoms with van der Waals surface area (Å²) in [7, 11) is 0. The molecule has 21 heavy (non-hydrogen) atoms. The Kier molecular flexibility index (Phi) is 5.30. The predicted molar refractivity (Wildman–Crippen MR) is 84.6 cm³/mol. The number of benzene rings is 1. The van der Waals surface area contributed by atoms with Gasteiger partial charge in [-0.1, -0.05) is 19.1 Å². The predicted octanol–water partition coefficient (Wildman–Crippen LogP) is 3.12. The highest BCUT2D eigenvalue weighted by molar-refractivity contribution is 7.09. The first kappa shape index (κ1) is 15.5. The molecule has 2 unspecified atom stereocenters. The fourth-order valence-corrected chi connectivity index (χ4v) is 2.53. The van der Waals surface area contributed by atoms with Crippen molar-refractivity contribution in [2.24, 2.45) is 0 Å².